The summed E-state index contributed by atoms with van der Waals surface area (Å²) in [6, 6.07) is 13.0. The molecule has 0 atom stereocenters. The van der Waals surface area contributed by atoms with E-state index in [-0.39, 0.29) is 42.5 Å². The number of piperazine rings is 1. The molecule has 0 N–H and O–H groups in total. The second-order valence-electron chi connectivity index (χ2n) is 7.53. The molecule has 2 aromatic carbocycles. The summed E-state index contributed by atoms with van der Waals surface area (Å²) in [5.74, 6) is -0.925. The average Bonchev–Trinajstić information content (AvgIpc) is 3.22. The van der Waals surface area contributed by atoms with Crippen molar-refractivity contribution in [1.29, 1.82) is 0 Å². The van der Waals surface area contributed by atoms with Gasteiger partial charge in [0.15, 0.2) is 5.65 Å². The molecule has 5 rings (SSSR count). The van der Waals surface area contributed by atoms with Gasteiger partial charge in [0.2, 0.25) is 10.0 Å². The Hall–Kier alpha value is -2.96. The molecular formula is C20H16ClF3N6O2S. The summed E-state index contributed by atoms with van der Waals surface area (Å²) in [6.07, 6.45) is -4.69. The van der Waals surface area contributed by atoms with Crippen LogP contribution in [0.25, 0.3) is 16.4 Å². The molecule has 33 heavy (non-hydrogen) atoms. The van der Waals surface area contributed by atoms with Crippen molar-refractivity contribution in [1.82, 2.24) is 24.1 Å². The minimum absolute atomic E-state index is 0.0233. The molecule has 172 valence electrons. The fraction of sp³-hybridized carbons (Fsp3) is 0.250. The Balaban J connectivity index is 1.36. The number of hydrogen-bond acceptors (Lipinski definition) is 6. The van der Waals surface area contributed by atoms with Crippen LogP contribution in [-0.2, 0) is 16.2 Å². The molecule has 3 heterocycles. The van der Waals surface area contributed by atoms with E-state index in [1.54, 1.807) is 47.4 Å². The highest BCUT2D eigenvalue weighted by Gasteiger charge is 2.38. The van der Waals surface area contributed by atoms with Gasteiger partial charge in [0.1, 0.15) is 5.82 Å². The Labute approximate surface area is 191 Å². The summed E-state index contributed by atoms with van der Waals surface area (Å²) in [7, 11) is -3.74. The van der Waals surface area contributed by atoms with Gasteiger partial charge >= 0.3 is 6.18 Å². The van der Waals surface area contributed by atoms with Crippen molar-refractivity contribution in [3.63, 3.8) is 0 Å². The number of sulfonamides is 1. The van der Waals surface area contributed by atoms with E-state index in [1.807, 2.05) is 0 Å². The molecule has 1 aliphatic rings. The van der Waals surface area contributed by atoms with E-state index in [0.717, 1.165) is 10.8 Å². The smallest absolute Gasteiger partial charge is 0.353 e. The molecule has 2 aromatic heterocycles. The van der Waals surface area contributed by atoms with Crippen molar-refractivity contribution in [3.8, 4) is 0 Å². The van der Waals surface area contributed by atoms with Gasteiger partial charge < -0.3 is 4.90 Å². The van der Waals surface area contributed by atoms with Crippen LogP contribution in [0.4, 0.5) is 19.0 Å². The van der Waals surface area contributed by atoms with Crippen LogP contribution in [-0.4, -0.2) is 58.7 Å². The third kappa shape index (κ3) is 3.98. The lowest BCUT2D eigenvalue weighted by molar-refractivity contribution is -0.146. The SMILES string of the molecule is O=S(=O)(c1ccc2cc(Cl)ccc2c1)N1CCN(c2ccc3nnc(C(F)(F)F)n3n2)CC1. The first-order chi connectivity index (χ1) is 15.6. The highest BCUT2D eigenvalue weighted by molar-refractivity contribution is 7.89. The lowest BCUT2D eigenvalue weighted by Gasteiger charge is -2.34. The van der Waals surface area contributed by atoms with Gasteiger partial charge in [0.05, 0.1) is 4.90 Å². The Morgan fingerprint density at radius 3 is 2.30 bits per heavy atom. The first kappa shape index (κ1) is 21.9. The van der Waals surface area contributed by atoms with Crippen molar-refractivity contribution in [3.05, 3.63) is 59.4 Å². The van der Waals surface area contributed by atoms with Gasteiger partial charge in [-0.2, -0.15) is 22.0 Å². The van der Waals surface area contributed by atoms with Crippen LogP contribution in [0.1, 0.15) is 5.82 Å². The maximum atomic E-state index is 13.2. The molecule has 1 saturated heterocycles. The highest BCUT2D eigenvalue weighted by atomic mass is 35.5. The van der Waals surface area contributed by atoms with Crippen molar-refractivity contribution in [2.75, 3.05) is 31.1 Å². The third-order valence-electron chi connectivity index (χ3n) is 5.48. The van der Waals surface area contributed by atoms with Crippen LogP contribution in [0.3, 0.4) is 0 Å². The van der Waals surface area contributed by atoms with Crippen LogP contribution in [0, 0.1) is 0 Å². The van der Waals surface area contributed by atoms with Gasteiger partial charge in [0.25, 0.3) is 5.82 Å². The second kappa shape index (κ2) is 7.82. The molecular weight excluding hydrogens is 481 g/mol. The first-order valence-electron chi connectivity index (χ1n) is 9.87. The van der Waals surface area contributed by atoms with E-state index in [1.165, 1.54) is 10.4 Å². The van der Waals surface area contributed by atoms with E-state index >= 15 is 0 Å². The fourth-order valence-electron chi connectivity index (χ4n) is 3.79. The first-order valence-corrected chi connectivity index (χ1v) is 11.7. The largest absolute Gasteiger partial charge is 0.453 e. The van der Waals surface area contributed by atoms with Crippen molar-refractivity contribution in [2.24, 2.45) is 0 Å². The van der Waals surface area contributed by atoms with Gasteiger partial charge in [-0.15, -0.1) is 15.3 Å². The van der Waals surface area contributed by atoms with E-state index in [0.29, 0.717) is 9.54 Å². The number of benzene rings is 2. The molecule has 1 aliphatic heterocycles. The van der Waals surface area contributed by atoms with Crippen LogP contribution in [0.15, 0.2) is 53.4 Å². The minimum atomic E-state index is -4.69. The summed E-state index contributed by atoms with van der Waals surface area (Å²) < 4.78 is 67.7. The van der Waals surface area contributed by atoms with Crippen LogP contribution in [0.5, 0.6) is 0 Å². The van der Waals surface area contributed by atoms with E-state index in [4.69, 9.17) is 11.6 Å². The summed E-state index contributed by atoms with van der Waals surface area (Å²) in [5, 5.41) is 12.8. The molecule has 0 spiro atoms. The van der Waals surface area contributed by atoms with Gasteiger partial charge in [-0.05, 0) is 47.2 Å². The molecule has 0 saturated carbocycles. The molecule has 0 aliphatic carbocycles. The van der Waals surface area contributed by atoms with Gasteiger partial charge in [-0.1, -0.05) is 23.7 Å². The van der Waals surface area contributed by atoms with E-state index < -0.39 is 22.0 Å². The normalized spacial score (nSPS) is 16.1. The molecule has 8 nitrogen and oxygen atoms in total. The highest BCUT2D eigenvalue weighted by Crippen LogP contribution is 2.29. The summed E-state index contributed by atoms with van der Waals surface area (Å²) >= 11 is 5.99. The van der Waals surface area contributed by atoms with Crippen LogP contribution >= 0.6 is 11.6 Å². The number of aromatic nitrogens is 4. The standard InChI is InChI=1S/C20H16ClF3N6O2S/c21-15-3-1-14-12-16(4-2-13(14)11-15)33(31,32)29-9-7-28(8-10-29)18-6-5-17-25-26-19(20(22,23)24)30(17)27-18/h1-6,11-12H,7-10H2. The number of alkyl halides is 3. The Morgan fingerprint density at radius 2 is 1.58 bits per heavy atom. The number of hydrogen-bond donors (Lipinski definition) is 0. The lowest BCUT2D eigenvalue weighted by Crippen LogP contribution is -2.49. The summed E-state index contributed by atoms with van der Waals surface area (Å²) in [5.41, 5.74) is -0.0233. The number of halogens is 4. The molecule has 13 heteroatoms. The van der Waals surface area contributed by atoms with Gasteiger partial charge in [-0.3, -0.25) is 0 Å². The quantitative estimate of drug-likeness (QED) is 0.432. The predicted molar refractivity (Wildman–Crippen MR) is 116 cm³/mol. The Morgan fingerprint density at radius 1 is 0.879 bits per heavy atom. The van der Waals surface area contributed by atoms with Crippen molar-refractivity contribution in [2.45, 2.75) is 11.1 Å². The maximum absolute atomic E-state index is 13.2. The number of anilines is 1. The number of rotatable bonds is 3. The van der Waals surface area contributed by atoms with Gasteiger partial charge in [-0.25, -0.2) is 8.42 Å². The molecule has 0 radical (unpaired) electrons. The summed E-state index contributed by atoms with van der Waals surface area (Å²) in [6.45, 7) is 0.860. The maximum Gasteiger partial charge on any atom is 0.453 e. The number of fused-ring (bicyclic) bond motifs is 2. The second-order valence-corrected chi connectivity index (χ2v) is 9.90. The molecule has 0 amide bonds. The Kier molecular flexibility index (Phi) is 5.18. The molecule has 4 aromatic rings. The molecule has 0 bridgehead atoms. The van der Waals surface area contributed by atoms with Crippen molar-refractivity contribution < 1.29 is 21.6 Å². The average molecular weight is 497 g/mol. The number of nitrogens with zero attached hydrogens (tertiary/aromatic N) is 6. The zero-order valence-electron chi connectivity index (χ0n) is 16.9. The third-order valence-corrected chi connectivity index (χ3v) is 7.61. The topological polar surface area (TPSA) is 83.7 Å². The zero-order chi connectivity index (χ0) is 23.4. The van der Waals surface area contributed by atoms with Gasteiger partial charge in [0, 0.05) is 31.2 Å². The van der Waals surface area contributed by atoms with Crippen molar-refractivity contribution >= 4 is 43.9 Å². The van der Waals surface area contributed by atoms with E-state index in [2.05, 4.69) is 15.3 Å². The van der Waals surface area contributed by atoms with E-state index in [9.17, 15) is 21.6 Å². The minimum Gasteiger partial charge on any atom is -0.353 e. The predicted octanol–water partition coefficient (Wildman–Crippen LogP) is 3.46. The Bertz CT molecular complexity index is 1470. The monoisotopic (exact) mass is 496 g/mol. The summed E-state index contributed by atoms with van der Waals surface area (Å²) in [4.78, 5) is 1.90. The zero-order valence-corrected chi connectivity index (χ0v) is 18.4. The van der Waals surface area contributed by atoms with Crippen LogP contribution < -0.4 is 4.90 Å². The molecule has 1 fully saturated rings. The van der Waals surface area contributed by atoms with Crippen LogP contribution in [0.2, 0.25) is 5.02 Å². The lowest BCUT2D eigenvalue weighted by atomic mass is 10.1. The fourth-order valence-corrected chi connectivity index (χ4v) is 5.42. The molecule has 0 unspecified atom stereocenters.